The SMILES string of the molecule is CCC(C(O)c1ccc(Cl)cc1)n1ncn(-c2ccc(N3CCNCC3)cc2)c1=O. The molecule has 2 atom stereocenters. The van der Waals surface area contributed by atoms with E-state index in [-0.39, 0.29) is 5.69 Å². The lowest BCUT2D eigenvalue weighted by molar-refractivity contribution is 0.101. The first-order chi connectivity index (χ1) is 14.6. The highest BCUT2D eigenvalue weighted by Crippen LogP contribution is 2.28. The van der Waals surface area contributed by atoms with Crippen LogP contribution in [0.15, 0.2) is 59.7 Å². The number of aliphatic hydroxyl groups excluding tert-OH is 1. The van der Waals surface area contributed by atoms with Crippen LogP contribution in [0, 0.1) is 0 Å². The van der Waals surface area contributed by atoms with Crippen LogP contribution in [0.4, 0.5) is 5.69 Å². The van der Waals surface area contributed by atoms with Crippen molar-refractivity contribution in [3.8, 4) is 5.69 Å². The molecule has 0 bridgehead atoms. The van der Waals surface area contributed by atoms with Crippen molar-refractivity contribution in [2.24, 2.45) is 0 Å². The van der Waals surface area contributed by atoms with Crippen LogP contribution < -0.4 is 15.9 Å². The van der Waals surface area contributed by atoms with Gasteiger partial charge in [-0.2, -0.15) is 5.10 Å². The van der Waals surface area contributed by atoms with Gasteiger partial charge >= 0.3 is 5.69 Å². The molecule has 1 fully saturated rings. The molecule has 0 amide bonds. The van der Waals surface area contributed by atoms with E-state index >= 15 is 0 Å². The Labute approximate surface area is 180 Å². The minimum atomic E-state index is -0.858. The number of rotatable bonds is 6. The molecule has 1 saturated heterocycles. The predicted molar refractivity (Wildman–Crippen MR) is 119 cm³/mol. The Kier molecular flexibility index (Phi) is 6.22. The van der Waals surface area contributed by atoms with E-state index in [0.29, 0.717) is 17.0 Å². The van der Waals surface area contributed by atoms with E-state index in [1.165, 1.54) is 15.6 Å². The fourth-order valence-electron chi connectivity index (χ4n) is 3.88. The van der Waals surface area contributed by atoms with Crippen LogP contribution >= 0.6 is 11.6 Å². The molecule has 1 aromatic heterocycles. The standard InChI is InChI=1S/C22H26ClN5O2/c1-2-20(21(29)16-3-5-17(23)6-4-16)28-22(30)27(15-25-28)19-9-7-18(8-10-19)26-13-11-24-12-14-26/h3-10,15,20-21,24,29H,2,11-14H2,1H3. The van der Waals surface area contributed by atoms with Crippen LogP contribution in [0.3, 0.4) is 0 Å². The quantitative estimate of drug-likeness (QED) is 0.632. The summed E-state index contributed by atoms with van der Waals surface area (Å²) < 4.78 is 2.88. The van der Waals surface area contributed by atoms with E-state index in [1.54, 1.807) is 24.3 Å². The third kappa shape index (κ3) is 4.14. The Hall–Kier alpha value is -2.61. The zero-order chi connectivity index (χ0) is 21.1. The lowest BCUT2D eigenvalue weighted by Gasteiger charge is -2.29. The van der Waals surface area contributed by atoms with Crippen LogP contribution in [0.5, 0.6) is 0 Å². The molecule has 0 aliphatic carbocycles. The third-order valence-corrected chi connectivity index (χ3v) is 5.86. The van der Waals surface area contributed by atoms with Gasteiger partial charge in [-0.25, -0.2) is 14.0 Å². The zero-order valence-corrected chi connectivity index (χ0v) is 17.7. The van der Waals surface area contributed by atoms with E-state index < -0.39 is 12.1 Å². The topological polar surface area (TPSA) is 75.3 Å². The summed E-state index contributed by atoms with van der Waals surface area (Å²) in [7, 11) is 0. The van der Waals surface area contributed by atoms with Crippen molar-refractivity contribution in [1.29, 1.82) is 0 Å². The molecule has 2 heterocycles. The largest absolute Gasteiger partial charge is 0.386 e. The molecule has 0 saturated carbocycles. The zero-order valence-electron chi connectivity index (χ0n) is 16.9. The first kappa shape index (κ1) is 20.7. The molecule has 0 radical (unpaired) electrons. The molecule has 1 aliphatic heterocycles. The Morgan fingerprint density at radius 3 is 2.33 bits per heavy atom. The number of halogens is 1. The second-order valence-electron chi connectivity index (χ2n) is 7.45. The predicted octanol–water partition coefficient (Wildman–Crippen LogP) is 2.78. The average Bonchev–Trinajstić information content (AvgIpc) is 3.16. The Bertz CT molecular complexity index is 1020. The normalized spacial score (nSPS) is 16.4. The van der Waals surface area contributed by atoms with Gasteiger partial charge in [0, 0.05) is 36.9 Å². The molecule has 1 aliphatic rings. The monoisotopic (exact) mass is 427 g/mol. The van der Waals surface area contributed by atoms with Gasteiger partial charge in [-0.3, -0.25) is 0 Å². The number of hydrogen-bond donors (Lipinski definition) is 2. The van der Waals surface area contributed by atoms with Crippen LogP contribution in [-0.2, 0) is 0 Å². The molecule has 30 heavy (non-hydrogen) atoms. The first-order valence-corrected chi connectivity index (χ1v) is 10.6. The maximum atomic E-state index is 13.1. The number of piperazine rings is 1. The summed E-state index contributed by atoms with van der Waals surface area (Å²) in [5.74, 6) is 0. The second kappa shape index (κ2) is 9.04. The van der Waals surface area contributed by atoms with Crippen molar-refractivity contribution in [2.45, 2.75) is 25.5 Å². The summed E-state index contributed by atoms with van der Waals surface area (Å²) in [6.07, 6.45) is 1.21. The summed E-state index contributed by atoms with van der Waals surface area (Å²) >= 11 is 5.95. The summed E-state index contributed by atoms with van der Waals surface area (Å²) in [5.41, 5.74) is 2.32. The van der Waals surface area contributed by atoms with E-state index in [1.807, 2.05) is 31.2 Å². The summed E-state index contributed by atoms with van der Waals surface area (Å²) in [6.45, 7) is 5.82. The highest BCUT2D eigenvalue weighted by Gasteiger charge is 2.25. The minimum absolute atomic E-state index is 0.273. The molecule has 2 unspecified atom stereocenters. The number of aromatic nitrogens is 3. The fraction of sp³-hybridized carbons (Fsp3) is 0.364. The molecule has 158 valence electrons. The van der Waals surface area contributed by atoms with Gasteiger partial charge < -0.3 is 15.3 Å². The van der Waals surface area contributed by atoms with Crippen molar-refractivity contribution < 1.29 is 5.11 Å². The van der Waals surface area contributed by atoms with Crippen LogP contribution in [0.2, 0.25) is 5.02 Å². The Morgan fingerprint density at radius 1 is 1.07 bits per heavy atom. The number of benzene rings is 2. The van der Waals surface area contributed by atoms with E-state index in [0.717, 1.165) is 37.6 Å². The van der Waals surface area contributed by atoms with Crippen LogP contribution in [-0.4, -0.2) is 45.6 Å². The highest BCUT2D eigenvalue weighted by molar-refractivity contribution is 6.30. The Morgan fingerprint density at radius 2 is 1.70 bits per heavy atom. The summed E-state index contributed by atoms with van der Waals surface area (Å²) in [6, 6.07) is 14.5. The van der Waals surface area contributed by atoms with Gasteiger partial charge in [-0.15, -0.1) is 0 Å². The van der Waals surface area contributed by atoms with Crippen molar-refractivity contribution in [1.82, 2.24) is 19.7 Å². The van der Waals surface area contributed by atoms with Gasteiger partial charge in [0.1, 0.15) is 12.4 Å². The number of aliphatic hydroxyl groups is 1. The maximum Gasteiger partial charge on any atom is 0.350 e. The lowest BCUT2D eigenvalue weighted by atomic mass is 10.0. The third-order valence-electron chi connectivity index (χ3n) is 5.61. The number of nitrogens with zero attached hydrogens (tertiary/aromatic N) is 4. The molecule has 8 heteroatoms. The van der Waals surface area contributed by atoms with Crippen LogP contribution in [0.25, 0.3) is 5.69 Å². The second-order valence-corrected chi connectivity index (χ2v) is 7.89. The molecular weight excluding hydrogens is 402 g/mol. The molecule has 3 aromatic rings. The number of hydrogen-bond acceptors (Lipinski definition) is 5. The minimum Gasteiger partial charge on any atom is -0.386 e. The molecule has 2 N–H and O–H groups in total. The molecular formula is C22H26ClN5O2. The maximum absolute atomic E-state index is 13.1. The number of nitrogens with one attached hydrogen (secondary N) is 1. The molecule has 7 nitrogen and oxygen atoms in total. The van der Waals surface area contributed by atoms with Gasteiger partial charge in [-0.1, -0.05) is 30.7 Å². The fourth-order valence-corrected chi connectivity index (χ4v) is 4.01. The van der Waals surface area contributed by atoms with E-state index in [9.17, 15) is 9.90 Å². The average molecular weight is 428 g/mol. The van der Waals surface area contributed by atoms with E-state index in [4.69, 9.17) is 11.6 Å². The Balaban J connectivity index is 1.58. The molecule has 2 aromatic carbocycles. The van der Waals surface area contributed by atoms with Gasteiger partial charge in [0.15, 0.2) is 0 Å². The van der Waals surface area contributed by atoms with Crippen molar-refractivity contribution in [2.75, 3.05) is 31.1 Å². The van der Waals surface area contributed by atoms with E-state index in [2.05, 4.69) is 15.3 Å². The van der Waals surface area contributed by atoms with Gasteiger partial charge in [0.2, 0.25) is 0 Å². The highest BCUT2D eigenvalue weighted by atomic mass is 35.5. The van der Waals surface area contributed by atoms with Crippen molar-refractivity contribution >= 4 is 17.3 Å². The van der Waals surface area contributed by atoms with Gasteiger partial charge in [0.05, 0.1) is 11.7 Å². The first-order valence-electron chi connectivity index (χ1n) is 10.2. The van der Waals surface area contributed by atoms with Gasteiger partial charge in [-0.05, 0) is 48.4 Å². The van der Waals surface area contributed by atoms with Crippen LogP contribution in [0.1, 0.15) is 31.1 Å². The summed E-state index contributed by atoms with van der Waals surface area (Å²) in [5, 5.41) is 19.1. The van der Waals surface area contributed by atoms with Crippen molar-refractivity contribution in [3.63, 3.8) is 0 Å². The molecule has 0 spiro atoms. The lowest BCUT2D eigenvalue weighted by Crippen LogP contribution is -2.43. The van der Waals surface area contributed by atoms with Crippen molar-refractivity contribution in [3.05, 3.63) is 75.9 Å². The summed E-state index contributed by atoms with van der Waals surface area (Å²) in [4.78, 5) is 15.4. The van der Waals surface area contributed by atoms with Gasteiger partial charge in [0.25, 0.3) is 0 Å². The smallest absolute Gasteiger partial charge is 0.350 e. The number of anilines is 1. The molecule has 4 rings (SSSR count).